The van der Waals surface area contributed by atoms with E-state index < -0.39 is 15.8 Å². The first-order valence-corrected chi connectivity index (χ1v) is 13.0. The van der Waals surface area contributed by atoms with Crippen molar-refractivity contribution in [2.45, 2.75) is 51.0 Å². The van der Waals surface area contributed by atoms with Crippen molar-refractivity contribution in [3.05, 3.63) is 59.9 Å². The Morgan fingerprint density at radius 1 is 1.03 bits per heavy atom. The fourth-order valence-corrected chi connectivity index (χ4v) is 4.96. The van der Waals surface area contributed by atoms with Gasteiger partial charge in [-0.25, -0.2) is 12.8 Å². The Bertz CT molecular complexity index is 1070. The van der Waals surface area contributed by atoms with Crippen LogP contribution in [-0.2, 0) is 14.8 Å². The van der Waals surface area contributed by atoms with Gasteiger partial charge < -0.3 is 10.6 Å². The van der Waals surface area contributed by atoms with Gasteiger partial charge in [-0.15, -0.1) is 0 Å². The summed E-state index contributed by atoms with van der Waals surface area (Å²) in [6.07, 6.45) is 6.71. The smallest absolute Gasteiger partial charge is 0.253 e. The quantitative estimate of drug-likeness (QED) is 0.571. The molecule has 2 aromatic carbocycles. The molecule has 178 valence electrons. The molecule has 0 saturated heterocycles. The molecule has 0 heterocycles. The maximum atomic E-state index is 13.2. The number of nitrogens with zero attached hydrogens (tertiary/aromatic N) is 1. The summed E-state index contributed by atoms with van der Waals surface area (Å²) in [5.74, 6) is -0.990. The molecule has 7 nitrogen and oxygen atoms in total. The monoisotopic (exact) mass is 475 g/mol. The number of nitrogens with one attached hydrogen (secondary N) is 2. The van der Waals surface area contributed by atoms with E-state index in [4.69, 9.17) is 0 Å². The molecule has 33 heavy (non-hydrogen) atoms. The Morgan fingerprint density at radius 3 is 2.36 bits per heavy atom. The van der Waals surface area contributed by atoms with Crippen LogP contribution in [0.2, 0.25) is 0 Å². The molecule has 3 rings (SSSR count). The van der Waals surface area contributed by atoms with Gasteiger partial charge in [-0.3, -0.25) is 13.9 Å². The lowest BCUT2D eigenvalue weighted by Crippen LogP contribution is -2.36. The molecule has 0 aromatic heterocycles. The minimum atomic E-state index is -3.59. The number of anilines is 2. The summed E-state index contributed by atoms with van der Waals surface area (Å²) < 4.78 is 38.6. The molecule has 1 fully saturated rings. The van der Waals surface area contributed by atoms with Crippen LogP contribution in [0.25, 0.3) is 0 Å². The van der Waals surface area contributed by atoms with Gasteiger partial charge >= 0.3 is 0 Å². The molecule has 0 spiro atoms. The first kappa shape index (κ1) is 24.7. The van der Waals surface area contributed by atoms with Crippen molar-refractivity contribution < 1.29 is 22.4 Å². The highest BCUT2D eigenvalue weighted by Gasteiger charge is 2.20. The summed E-state index contributed by atoms with van der Waals surface area (Å²) in [6.45, 7) is 0.0711. The Balaban J connectivity index is 1.58. The molecule has 2 amide bonds. The highest BCUT2D eigenvalue weighted by atomic mass is 32.2. The summed E-state index contributed by atoms with van der Waals surface area (Å²) in [6, 6.07) is 12.2. The van der Waals surface area contributed by atoms with E-state index in [1.165, 1.54) is 30.7 Å². The summed E-state index contributed by atoms with van der Waals surface area (Å²) >= 11 is 0. The predicted octanol–water partition coefficient (Wildman–Crippen LogP) is 4.07. The van der Waals surface area contributed by atoms with E-state index in [0.29, 0.717) is 16.9 Å². The number of para-hydroxylation sites is 1. The summed E-state index contributed by atoms with van der Waals surface area (Å²) in [4.78, 5) is 25.3. The van der Waals surface area contributed by atoms with Gasteiger partial charge in [0.25, 0.3) is 5.91 Å². The van der Waals surface area contributed by atoms with Gasteiger partial charge in [0, 0.05) is 19.0 Å². The SMILES string of the molecule is CS(=O)(=O)N(CCCC(=O)Nc1ccccc1C(=O)NC1CCCCC1)c1ccc(F)cc1. The van der Waals surface area contributed by atoms with Crippen LogP contribution in [0.1, 0.15) is 55.3 Å². The second-order valence-corrected chi connectivity index (χ2v) is 10.2. The third kappa shape index (κ3) is 7.28. The first-order chi connectivity index (χ1) is 15.7. The van der Waals surface area contributed by atoms with Gasteiger partial charge in [0.15, 0.2) is 0 Å². The number of benzene rings is 2. The lowest BCUT2D eigenvalue weighted by molar-refractivity contribution is -0.116. The molecule has 2 aromatic rings. The third-order valence-corrected chi connectivity index (χ3v) is 6.86. The highest BCUT2D eigenvalue weighted by Crippen LogP contribution is 2.21. The molecule has 1 aliphatic rings. The van der Waals surface area contributed by atoms with Gasteiger partial charge in [-0.05, 0) is 55.7 Å². The van der Waals surface area contributed by atoms with Crippen LogP contribution < -0.4 is 14.9 Å². The van der Waals surface area contributed by atoms with Crippen LogP contribution >= 0.6 is 0 Å². The molecule has 0 atom stereocenters. The molecule has 0 radical (unpaired) electrons. The number of carbonyl (C=O) groups is 2. The fourth-order valence-electron chi connectivity index (χ4n) is 3.99. The third-order valence-electron chi connectivity index (χ3n) is 5.67. The van der Waals surface area contributed by atoms with Gasteiger partial charge in [-0.1, -0.05) is 31.4 Å². The van der Waals surface area contributed by atoms with Gasteiger partial charge in [0.1, 0.15) is 5.82 Å². The molecule has 9 heteroatoms. The Labute approximate surface area is 194 Å². The van der Waals surface area contributed by atoms with E-state index in [2.05, 4.69) is 10.6 Å². The number of sulfonamides is 1. The second-order valence-electron chi connectivity index (χ2n) is 8.32. The van der Waals surface area contributed by atoms with Crippen molar-refractivity contribution in [3.63, 3.8) is 0 Å². The van der Waals surface area contributed by atoms with Crippen molar-refractivity contribution in [3.8, 4) is 0 Å². The van der Waals surface area contributed by atoms with E-state index >= 15 is 0 Å². The molecule has 0 aliphatic heterocycles. The summed E-state index contributed by atoms with van der Waals surface area (Å²) in [7, 11) is -3.59. The molecule has 0 unspecified atom stereocenters. The number of hydrogen-bond donors (Lipinski definition) is 2. The van der Waals surface area contributed by atoms with Crippen molar-refractivity contribution in [1.29, 1.82) is 0 Å². The van der Waals surface area contributed by atoms with E-state index in [1.807, 2.05) is 0 Å². The Morgan fingerprint density at radius 2 is 1.70 bits per heavy atom. The van der Waals surface area contributed by atoms with Crippen molar-refractivity contribution in [2.24, 2.45) is 0 Å². The van der Waals surface area contributed by atoms with Gasteiger partial charge in [0.05, 0.1) is 23.2 Å². The van der Waals surface area contributed by atoms with Crippen LogP contribution in [0.15, 0.2) is 48.5 Å². The highest BCUT2D eigenvalue weighted by molar-refractivity contribution is 7.92. The van der Waals surface area contributed by atoms with Crippen LogP contribution in [0.3, 0.4) is 0 Å². The Hall–Kier alpha value is -2.94. The van der Waals surface area contributed by atoms with Crippen LogP contribution in [0.4, 0.5) is 15.8 Å². The number of amides is 2. The topological polar surface area (TPSA) is 95.6 Å². The van der Waals surface area contributed by atoms with E-state index in [9.17, 15) is 22.4 Å². The molecular formula is C24H30FN3O4S. The maximum absolute atomic E-state index is 13.2. The number of carbonyl (C=O) groups excluding carboxylic acids is 2. The van der Waals surface area contributed by atoms with Gasteiger partial charge in [-0.2, -0.15) is 0 Å². The van der Waals surface area contributed by atoms with Crippen LogP contribution in [-0.4, -0.2) is 39.1 Å². The fraction of sp³-hybridized carbons (Fsp3) is 0.417. The van der Waals surface area contributed by atoms with Crippen molar-refractivity contribution in [1.82, 2.24) is 5.32 Å². The van der Waals surface area contributed by atoms with Gasteiger partial charge in [0.2, 0.25) is 15.9 Å². The van der Waals surface area contributed by atoms with Crippen molar-refractivity contribution >= 4 is 33.2 Å². The average Bonchev–Trinajstić information content (AvgIpc) is 2.78. The predicted molar refractivity (Wildman–Crippen MR) is 127 cm³/mol. The van der Waals surface area contributed by atoms with Crippen LogP contribution in [0, 0.1) is 5.82 Å². The molecule has 1 aliphatic carbocycles. The van der Waals surface area contributed by atoms with E-state index in [0.717, 1.165) is 36.2 Å². The molecular weight excluding hydrogens is 445 g/mol. The largest absolute Gasteiger partial charge is 0.349 e. The molecule has 0 bridgehead atoms. The van der Waals surface area contributed by atoms with Crippen LogP contribution in [0.5, 0.6) is 0 Å². The zero-order valence-electron chi connectivity index (χ0n) is 18.7. The molecule has 2 N–H and O–H groups in total. The zero-order valence-corrected chi connectivity index (χ0v) is 19.5. The van der Waals surface area contributed by atoms with E-state index in [-0.39, 0.29) is 37.2 Å². The second kappa shape index (κ2) is 11.3. The number of rotatable bonds is 9. The number of halogens is 1. The van der Waals surface area contributed by atoms with Crippen molar-refractivity contribution in [2.75, 3.05) is 22.4 Å². The Kier molecular flexibility index (Phi) is 8.43. The molecule has 1 saturated carbocycles. The first-order valence-electron chi connectivity index (χ1n) is 11.2. The maximum Gasteiger partial charge on any atom is 0.253 e. The summed E-state index contributed by atoms with van der Waals surface area (Å²) in [5.41, 5.74) is 1.17. The number of hydrogen-bond acceptors (Lipinski definition) is 4. The minimum absolute atomic E-state index is 0.0613. The lowest BCUT2D eigenvalue weighted by atomic mass is 9.95. The lowest BCUT2D eigenvalue weighted by Gasteiger charge is -2.23. The normalized spacial score (nSPS) is 14.5. The average molecular weight is 476 g/mol. The van der Waals surface area contributed by atoms with E-state index in [1.54, 1.807) is 24.3 Å². The standard InChI is InChI=1S/C24H30FN3O4S/c1-33(31,32)28(20-15-13-18(25)14-16-20)17-7-12-23(29)27-22-11-6-5-10-21(22)24(30)26-19-8-3-2-4-9-19/h5-6,10-11,13-16,19H,2-4,7-9,12,17H2,1H3,(H,26,30)(H,27,29). The summed E-state index contributed by atoms with van der Waals surface area (Å²) in [5, 5.41) is 5.83. The minimum Gasteiger partial charge on any atom is -0.349 e. The zero-order chi connectivity index (χ0) is 23.8.